The topological polar surface area (TPSA) is 17.1 Å². The first-order valence-electron chi connectivity index (χ1n) is 1.50. The Morgan fingerprint density at radius 3 is 3.00 bits per heavy atom. The van der Waals surface area contributed by atoms with E-state index in [9.17, 15) is 4.79 Å². The van der Waals surface area contributed by atoms with E-state index in [1.54, 1.807) is 0 Å². The zero-order chi connectivity index (χ0) is 4.99. The van der Waals surface area contributed by atoms with E-state index in [0.717, 1.165) is 0 Å². The Morgan fingerprint density at radius 1 is 2.40 bits per heavy atom. The van der Waals surface area contributed by atoms with Gasteiger partial charge in [-0.15, -0.1) is 11.6 Å². The van der Waals surface area contributed by atoms with Crippen LogP contribution in [0.1, 0.15) is 0 Å². The van der Waals surface area contributed by atoms with Crippen LogP contribution in [-0.4, -0.2) is 12.7 Å². The van der Waals surface area contributed by atoms with Crippen LogP contribution in [0, 0.1) is 0 Å². The zero-order valence-electron chi connectivity index (χ0n) is 3.44. The molecule has 0 aromatic heterocycles. The van der Waals surface area contributed by atoms with Crippen molar-refractivity contribution >= 4 is 26.3 Å². The van der Waals surface area contributed by atoms with E-state index in [4.69, 9.17) is 12.9 Å². The molecule has 0 saturated carbocycles. The highest BCUT2D eigenvalue weighted by Gasteiger charge is 1.66. The van der Waals surface area contributed by atoms with Gasteiger partial charge in [0.2, 0.25) is 0 Å². The van der Waals surface area contributed by atoms with Crippen molar-refractivity contribution < 1.29 is 4.79 Å². The van der Waals surface area contributed by atoms with Gasteiger partial charge in [-0.2, -0.15) is 0 Å². The summed E-state index contributed by atoms with van der Waals surface area (Å²) in [5.74, 6) is -0.0367. The molecule has 0 radical (unpaired) electrons. The van der Waals surface area contributed by atoms with Crippen molar-refractivity contribution in [2.24, 2.45) is 0 Å². The molecule has 0 aliphatic rings. The minimum absolute atomic E-state index is 0.00733. The molecule has 0 aliphatic carbocycles. The van der Waals surface area contributed by atoms with E-state index in [1.165, 1.54) is 0 Å². The lowest BCUT2D eigenvalue weighted by Crippen LogP contribution is -1.80. The third-order valence-corrected chi connectivity index (χ3v) is 0.702. The summed E-state index contributed by atoms with van der Waals surface area (Å²) in [6.07, 6.45) is 0. The smallest absolute Gasteiger partial charge is 0.0505 e. The average Bonchev–Trinajstić information content (AvgIpc) is 1.65. The van der Waals surface area contributed by atoms with E-state index < -0.39 is 0 Å². The summed E-state index contributed by atoms with van der Waals surface area (Å²) >= 11 is 4.98. The summed E-state index contributed by atoms with van der Waals surface area (Å²) in [4.78, 5) is 9.85. The molecule has 0 rings (SSSR count). The Labute approximate surface area is 39.2 Å². The maximum Gasteiger partial charge on any atom is 0.0505 e. The van der Waals surface area contributed by atoms with Crippen LogP contribution in [-0.2, 0) is 4.79 Å². The number of carbonyl (C=O) groups is 1. The maximum atomic E-state index is 9.85. The van der Waals surface area contributed by atoms with Gasteiger partial charge in [0.1, 0.15) is 0 Å². The van der Waals surface area contributed by atoms with E-state index in [1.807, 2.05) is 0 Å². The molecule has 0 bridgehead atoms. The molecule has 1 nitrogen and oxygen atoms in total. The molecule has 5 heavy (non-hydrogen) atoms. The molecule has 0 spiro atoms. The maximum absolute atomic E-state index is 9.85. The number of hydrogen-bond acceptors (Lipinski definition) is 1. The van der Waals surface area contributed by atoms with Gasteiger partial charge in [-0.25, -0.2) is 1.28 Å². The first-order chi connectivity index (χ1) is 2.81. The molecule has 0 amide bonds. The first kappa shape index (κ1) is 3.58. The molecular formula is C2H3ClOP-. The second-order valence-electron chi connectivity index (χ2n) is 0.527. The van der Waals surface area contributed by atoms with Crippen LogP contribution >= 0.6 is 20.8 Å². The fourth-order valence-electron chi connectivity index (χ4n) is 0. The second-order valence-corrected chi connectivity index (χ2v) is 1.29. The van der Waals surface area contributed by atoms with Gasteiger partial charge in [-0.3, -0.25) is 0 Å². The molecule has 0 saturated heterocycles. The molecular weight excluding hydrogens is 106 g/mol. The normalized spacial score (nSPS) is 12.6. The zero-order valence-corrected chi connectivity index (χ0v) is 4.09. The van der Waals surface area contributed by atoms with Crippen molar-refractivity contribution in [2.45, 2.75) is 0 Å². The highest BCUT2D eigenvalue weighted by atomic mass is 35.5. The Hall–Kier alpha value is 0.390. The fraction of sp³-hybridized carbons (Fsp3) is 0.500. The van der Waals surface area contributed by atoms with Crippen molar-refractivity contribution in [2.75, 3.05) is 5.88 Å². The van der Waals surface area contributed by atoms with Crippen LogP contribution in [0.3, 0.4) is 0 Å². The lowest BCUT2D eigenvalue weighted by atomic mass is 10.9. The third kappa shape index (κ3) is 4.39. The lowest BCUT2D eigenvalue weighted by Gasteiger charge is -1.84. The quantitative estimate of drug-likeness (QED) is 0.382. The minimum atomic E-state index is -0.253. The predicted octanol–water partition coefficient (Wildman–Crippen LogP) is 0.895. The van der Waals surface area contributed by atoms with Gasteiger partial charge >= 0.3 is 0 Å². The average molecular weight is 111 g/mol. The number of rotatable bonds is 2. The second kappa shape index (κ2) is 2.62. The summed E-state index contributed by atoms with van der Waals surface area (Å²) in [7, 11) is 0.00733. The van der Waals surface area contributed by atoms with Crippen LogP contribution < -0.4 is 0 Å². The van der Waals surface area contributed by atoms with Crippen molar-refractivity contribution in [3.63, 3.8) is 0 Å². The lowest BCUT2D eigenvalue weighted by molar-refractivity contribution is -0.109. The highest BCUT2D eigenvalue weighted by Crippen LogP contribution is 1.84. The molecule has 0 unspecified atom stereocenters. The van der Waals surface area contributed by atoms with Gasteiger partial charge in [0.05, 0.1) is 5.88 Å². The molecule has 3 heteroatoms. The van der Waals surface area contributed by atoms with Gasteiger partial charge in [0.25, 0.3) is 0 Å². The first-order valence-corrected chi connectivity index (χ1v) is 2.03. The van der Waals surface area contributed by atoms with Gasteiger partial charge < -0.3 is 14.0 Å². The monoisotopic (exact) mass is 111 g/mol. The van der Waals surface area contributed by atoms with Crippen molar-refractivity contribution in [1.82, 2.24) is 0 Å². The van der Waals surface area contributed by atoms with Crippen LogP contribution in [0.25, 0.3) is 0 Å². The molecule has 0 fully saturated rings. The van der Waals surface area contributed by atoms with Crippen molar-refractivity contribution in [3.05, 3.63) is 0 Å². The highest BCUT2D eigenvalue weighted by molar-refractivity contribution is 7.40. The van der Waals surface area contributed by atoms with Gasteiger partial charge in [-0.1, -0.05) is 0 Å². The van der Waals surface area contributed by atoms with Crippen LogP contribution in [0.15, 0.2) is 0 Å². The summed E-state index contributed by atoms with van der Waals surface area (Å²) in [6.45, 7) is 0. The van der Waals surface area contributed by atoms with Crippen LogP contribution in [0.2, 0.25) is 0 Å². The Balaban J connectivity index is 2.99. The number of halogens is 1. The Bertz CT molecular complexity index is 51.5. The standard InChI is InChI=1S/C2H3ClOP/c3-1-2(4)5/h5H,1H2/q-1/i5T. The van der Waals surface area contributed by atoms with Crippen LogP contribution in [0.5, 0.6) is 0 Å². The van der Waals surface area contributed by atoms with Gasteiger partial charge in [0.15, 0.2) is 0 Å². The third-order valence-electron chi connectivity index (χ3n) is 0.114. The Kier molecular flexibility index (Phi) is 1.87. The summed E-state index contributed by atoms with van der Waals surface area (Å²) in [5, 5.41) is 0. The SMILES string of the molecule is [3H][P-]C(=O)CCl. The summed E-state index contributed by atoms with van der Waals surface area (Å²) in [6, 6.07) is 0. The van der Waals surface area contributed by atoms with Crippen molar-refractivity contribution in [1.29, 1.82) is 1.28 Å². The summed E-state index contributed by atoms with van der Waals surface area (Å²) < 4.78 is 6.35. The molecule has 0 aromatic rings. The van der Waals surface area contributed by atoms with E-state index in [2.05, 4.69) is 0 Å². The van der Waals surface area contributed by atoms with Gasteiger partial charge in [-0.05, 0) is 5.52 Å². The largest absolute Gasteiger partial charge is 0.482 e. The fourth-order valence-corrected chi connectivity index (χ4v) is 0. The van der Waals surface area contributed by atoms with E-state index >= 15 is 0 Å². The van der Waals surface area contributed by atoms with Crippen molar-refractivity contribution in [3.8, 4) is 0 Å². The molecule has 0 N–H and O–H groups in total. The molecule has 0 aliphatic heterocycles. The molecule has 30 valence electrons. The molecule has 0 atom stereocenters. The molecule has 0 heterocycles. The van der Waals surface area contributed by atoms with Crippen LogP contribution in [0.4, 0.5) is 0 Å². The number of alkyl halides is 1. The predicted molar refractivity (Wildman–Crippen MR) is 24.0 cm³/mol. The summed E-state index contributed by atoms with van der Waals surface area (Å²) in [5.41, 5.74) is -0.253. The Morgan fingerprint density at radius 2 is 3.00 bits per heavy atom. The number of carbonyl (C=O) groups excluding carboxylic acids is 1. The van der Waals surface area contributed by atoms with E-state index in [-0.39, 0.29) is 20.6 Å². The van der Waals surface area contributed by atoms with Gasteiger partial charge in [0, 0.05) is 0 Å². The minimum Gasteiger partial charge on any atom is -0.482 e. The molecule has 0 aromatic carbocycles. The number of hydrogen-bond donors (Lipinski definition) is 0. The van der Waals surface area contributed by atoms with E-state index in [0.29, 0.717) is 0 Å².